The first-order valence-corrected chi connectivity index (χ1v) is 10.5. The number of carbonyl (C=O) groups excluding carboxylic acids is 1. The van der Waals surface area contributed by atoms with Crippen molar-refractivity contribution in [1.29, 1.82) is 0 Å². The molecule has 0 spiro atoms. The van der Waals surface area contributed by atoms with E-state index in [1.54, 1.807) is 6.20 Å². The average Bonchev–Trinajstić information content (AvgIpc) is 2.74. The lowest BCUT2D eigenvalue weighted by atomic mass is 9.98. The number of para-hydroxylation sites is 1. The Labute approximate surface area is 172 Å². The number of hydrogen-bond donors (Lipinski definition) is 1. The predicted molar refractivity (Wildman–Crippen MR) is 118 cm³/mol. The zero-order valence-electron chi connectivity index (χ0n) is 17.4. The lowest BCUT2D eigenvalue weighted by molar-refractivity contribution is 0.0609. The van der Waals surface area contributed by atoms with Gasteiger partial charge in [0.25, 0.3) is 5.91 Å². The Bertz CT molecular complexity index is 1050. The van der Waals surface area contributed by atoms with Gasteiger partial charge in [0.15, 0.2) is 5.65 Å². The Kier molecular flexibility index (Phi) is 5.47. The lowest BCUT2D eigenvalue weighted by Gasteiger charge is -2.35. The quantitative estimate of drug-likeness (QED) is 0.650. The van der Waals surface area contributed by atoms with Gasteiger partial charge in [-0.1, -0.05) is 25.1 Å². The Hall–Kier alpha value is -2.95. The van der Waals surface area contributed by atoms with E-state index in [1.165, 1.54) is 6.42 Å². The van der Waals surface area contributed by atoms with Crippen molar-refractivity contribution in [2.75, 3.05) is 11.9 Å². The summed E-state index contributed by atoms with van der Waals surface area (Å²) in [5.41, 5.74) is 5.09. The van der Waals surface area contributed by atoms with Crippen LogP contribution in [0.1, 0.15) is 54.2 Å². The van der Waals surface area contributed by atoms with Crippen molar-refractivity contribution in [3.63, 3.8) is 0 Å². The van der Waals surface area contributed by atoms with Crippen LogP contribution in [0.2, 0.25) is 0 Å². The third kappa shape index (κ3) is 3.82. The first kappa shape index (κ1) is 19.4. The third-order valence-corrected chi connectivity index (χ3v) is 5.86. The van der Waals surface area contributed by atoms with Gasteiger partial charge in [-0.3, -0.25) is 4.79 Å². The number of rotatable bonds is 4. The van der Waals surface area contributed by atoms with Gasteiger partial charge in [0.1, 0.15) is 0 Å². The summed E-state index contributed by atoms with van der Waals surface area (Å²) in [6.45, 7) is 6.99. The second-order valence-corrected chi connectivity index (χ2v) is 7.87. The van der Waals surface area contributed by atoms with E-state index in [-0.39, 0.29) is 5.91 Å². The predicted octanol–water partition coefficient (Wildman–Crippen LogP) is 5.39. The molecule has 150 valence electrons. The van der Waals surface area contributed by atoms with Crippen LogP contribution < -0.4 is 5.32 Å². The fourth-order valence-corrected chi connectivity index (χ4v) is 4.16. The van der Waals surface area contributed by atoms with Gasteiger partial charge >= 0.3 is 0 Å². The maximum Gasteiger partial charge on any atom is 0.257 e. The maximum atomic E-state index is 13.6. The number of fused-ring (bicyclic) bond motifs is 1. The van der Waals surface area contributed by atoms with Gasteiger partial charge < -0.3 is 10.2 Å². The zero-order valence-corrected chi connectivity index (χ0v) is 17.4. The molecule has 2 aromatic heterocycles. The van der Waals surface area contributed by atoms with Gasteiger partial charge in [-0.2, -0.15) is 0 Å². The number of piperidine rings is 1. The number of likely N-dealkylation sites (tertiary alicyclic amines) is 1. The van der Waals surface area contributed by atoms with Gasteiger partial charge in [0, 0.05) is 35.6 Å². The van der Waals surface area contributed by atoms with Crippen LogP contribution in [0.3, 0.4) is 0 Å². The largest absolute Gasteiger partial charge is 0.354 e. The van der Waals surface area contributed by atoms with Crippen molar-refractivity contribution in [3.05, 3.63) is 59.4 Å². The molecule has 1 aliphatic rings. The molecule has 0 radical (unpaired) electrons. The molecule has 1 saturated heterocycles. The molecule has 5 nitrogen and oxygen atoms in total. The summed E-state index contributed by atoms with van der Waals surface area (Å²) < 4.78 is 0. The zero-order chi connectivity index (χ0) is 20.4. The molecule has 0 aliphatic carbocycles. The van der Waals surface area contributed by atoms with Crippen molar-refractivity contribution in [3.8, 4) is 0 Å². The van der Waals surface area contributed by atoms with E-state index >= 15 is 0 Å². The summed E-state index contributed by atoms with van der Waals surface area (Å²) in [6, 6.07) is 12.4. The lowest BCUT2D eigenvalue weighted by Crippen LogP contribution is -2.43. The number of carbonyl (C=O) groups is 1. The number of amides is 1. The highest BCUT2D eigenvalue weighted by molar-refractivity contribution is 6.07. The van der Waals surface area contributed by atoms with Crippen molar-refractivity contribution < 1.29 is 4.79 Å². The summed E-state index contributed by atoms with van der Waals surface area (Å²) in [5.74, 6) is 0.0580. The maximum absolute atomic E-state index is 13.6. The van der Waals surface area contributed by atoms with E-state index in [1.807, 2.05) is 42.2 Å². The minimum atomic E-state index is 0.0580. The van der Waals surface area contributed by atoms with Crippen molar-refractivity contribution >= 4 is 28.3 Å². The van der Waals surface area contributed by atoms with Gasteiger partial charge in [-0.15, -0.1) is 0 Å². The first-order valence-electron chi connectivity index (χ1n) is 10.5. The van der Waals surface area contributed by atoms with E-state index in [4.69, 9.17) is 0 Å². The molecule has 1 N–H and O–H groups in total. The molecule has 1 fully saturated rings. The van der Waals surface area contributed by atoms with Crippen LogP contribution in [0, 0.1) is 13.8 Å². The topological polar surface area (TPSA) is 58.1 Å². The van der Waals surface area contributed by atoms with E-state index in [9.17, 15) is 4.79 Å². The number of aromatic nitrogens is 2. The molecule has 1 atom stereocenters. The summed E-state index contributed by atoms with van der Waals surface area (Å²) in [6.07, 6.45) is 6.00. The fourth-order valence-electron chi connectivity index (χ4n) is 4.16. The summed E-state index contributed by atoms with van der Waals surface area (Å²) in [7, 11) is 0. The molecule has 3 aromatic rings. The molecule has 29 heavy (non-hydrogen) atoms. The molecule has 1 aromatic carbocycles. The van der Waals surface area contributed by atoms with Crippen LogP contribution in [-0.4, -0.2) is 33.4 Å². The van der Waals surface area contributed by atoms with Gasteiger partial charge in [-0.25, -0.2) is 9.97 Å². The molecule has 0 saturated carbocycles. The standard InChI is InChI=1S/C24H28N4O/c1-4-18-10-7-8-14-28(18)24(29)20-15-25-23-19(13-12-17(3)26-23)22(20)27-21-11-6-5-9-16(21)2/h5-6,9,11-13,15,18H,4,7-8,10,14H2,1-3H3,(H,25,26,27)/t18-/m1/s1. The van der Waals surface area contributed by atoms with E-state index in [0.29, 0.717) is 17.3 Å². The number of nitrogens with one attached hydrogen (secondary N) is 1. The van der Waals surface area contributed by atoms with Gasteiger partial charge in [-0.05, 0) is 63.3 Å². The number of nitrogens with zero attached hydrogens (tertiary/aromatic N) is 3. The summed E-state index contributed by atoms with van der Waals surface area (Å²) >= 11 is 0. The third-order valence-electron chi connectivity index (χ3n) is 5.86. The number of aryl methyl sites for hydroxylation is 2. The van der Waals surface area contributed by atoms with Crippen molar-refractivity contribution in [2.24, 2.45) is 0 Å². The second kappa shape index (κ2) is 8.19. The van der Waals surface area contributed by atoms with Crippen LogP contribution in [0.5, 0.6) is 0 Å². The number of anilines is 2. The molecule has 4 rings (SSSR count). The molecule has 0 unspecified atom stereocenters. The first-order chi connectivity index (χ1) is 14.1. The highest BCUT2D eigenvalue weighted by Crippen LogP contribution is 2.32. The van der Waals surface area contributed by atoms with Crippen molar-refractivity contribution in [2.45, 2.75) is 52.5 Å². The van der Waals surface area contributed by atoms with Crippen LogP contribution in [0.25, 0.3) is 11.0 Å². The normalized spacial score (nSPS) is 16.8. The molecule has 1 aliphatic heterocycles. The van der Waals surface area contributed by atoms with Crippen LogP contribution >= 0.6 is 0 Å². The van der Waals surface area contributed by atoms with E-state index < -0.39 is 0 Å². The monoisotopic (exact) mass is 388 g/mol. The molecular formula is C24H28N4O. The molecular weight excluding hydrogens is 360 g/mol. The average molecular weight is 389 g/mol. The highest BCUT2D eigenvalue weighted by atomic mass is 16.2. The smallest absolute Gasteiger partial charge is 0.257 e. The van der Waals surface area contributed by atoms with Crippen LogP contribution in [0.15, 0.2) is 42.6 Å². The summed E-state index contributed by atoms with van der Waals surface area (Å²) in [5, 5.41) is 4.40. The molecule has 1 amide bonds. The minimum Gasteiger partial charge on any atom is -0.354 e. The molecule has 5 heteroatoms. The van der Waals surface area contributed by atoms with Crippen LogP contribution in [-0.2, 0) is 0 Å². The molecule has 3 heterocycles. The van der Waals surface area contributed by atoms with Crippen molar-refractivity contribution in [1.82, 2.24) is 14.9 Å². The van der Waals surface area contributed by atoms with E-state index in [0.717, 1.165) is 53.8 Å². The molecule has 0 bridgehead atoms. The Morgan fingerprint density at radius 2 is 2.00 bits per heavy atom. The number of pyridine rings is 2. The minimum absolute atomic E-state index is 0.0580. The fraction of sp³-hybridized carbons (Fsp3) is 0.375. The summed E-state index contributed by atoms with van der Waals surface area (Å²) in [4.78, 5) is 24.7. The highest BCUT2D eigenvalue weighted by Gasteiger charge is 2.28. The van der Waals surface area contributed by atoms with Gasteiger partial charge in [0.2, 0.25) is 0 Å². The Morgan fingerprint density at radius 1 is 1.17 bits per heavy atom. The second-order valence-electron chi connectivity index (χ2n) is 7.87. The number of hydrogen-bond acceptors (Lipinski definition) is 4. The Balaban J connectivity index is 1.83. The van der Waals surface area contributed by atoms with E-state index in [2.05, 4.69) is 35.2 Å². The Morgan fingerprint density at radius 3 is 2.79 bits per heavy atom. The number of benzene rings is 1. The SMILES string of the molecule is CC[C@@H]1CCCCN1C(=O)c1cnc2nc(C)ccc2c1Nc1ccccc1C. The van der Waals surface area contributed by atoms with Gasteiger partial charge in [0.05, 0.1) is 11.3 Å². The van der Waals surface area contributed by atoms with Crippen LogP contribution in [0.4, 0.5) is 11.4 Å².